The fourth-order valence-corrected chi connectivity index (χ4v) is 5.43. The molecule has 0 spiro atoms. The number of rotatable bonds is 13. The first-order valence-electron chi connectivity index (χ1n) is 14.2. The summed E-state index contributed by atoms with van der Waals surface area (Å²) in [6.45, 7) is 4.95. The molecule has 2 N–H and O–H groups in total. The summed E-state index contributed by atoms with van der Waals surface area (Å²) in [5, 5.41) is 10.4. The quantitative estimate of drug-likeness (QED) is 0.115. The largest absolute Gasteiger partial charge is 0.493 e. The van der Waals surface area contributed by atoms with Crippen LogP contribution < -0.4 is 29.4 Å². The maximum absolute atomic E-state index is 12.9. The number of hydrogen-bond donors (Lipinski definition) is 1. The summed E-state index contributed by atoms with van der Waals surface area (Å²) in [5.74, 6) is 0.766. The Kier molecular flexibility index (Phi) is 11.0. The average Bonchev–Trinajstić information content (AvgIpc) is 2.99. The van der Waals surface area contributed by atoms with E-state index in [1.807, 2.05) is 18.2 Å². The van der Waals surface area contributed by atoms with Gasteiger partial charge < -0.3 is 29.4 Å². The van der Waals surface area contributed by atoms with Gasteiger partial charge in [-0.25, -0.2) is 4.79 Å². The minimum Gasteiger partial charge on any atom is -0.493 e. The van der Waals surface area contributed by atoms with Crippen molar-refractivity contribution in [1.29, 1.82) is 5.26 Å². The maximum atomic E-state index is 12.9. The minimum atomic E-state index is -0.675. The molecule has 0 aromatic heterocycles. The number of halogens is 2. The first kappa shape index (κ1) is 31.9. The van der Waals surface area contributed by atoms with Gasteiger partial charge in [0.25, 0.3) is 0 Å². The Hall–Kier alpha value is -4.06. The Balaban J connectivity index is 1.57. The molecule has 0 aliphatic carbocycles. The normalized spacial score (nSPS) is 13.9. The number of nitrogens with zero attached hydrogens (tertiary/aromatic N) is 1. The molecule has 226 valence electrons. The van der Waals surface area contributed by atoms with Gasteiger partial charge >= 0.3 is 5.97 Å². The lowest BCUT2D eigenvalue weighted by Crippen LogP contribution is -2.21. The number of ether oxygens (including phenoxy) is 5. The van der Waals surface area contributed by atoms with Crippen molar-refractivity contribution in [2.75, 3.05) is 20.3 Å². The van der Waals surface area contributed by atoms with Crippen LogP contribution in [0.2, 0.25) is 10.0 Å². The number of esters is 1. The fraction of sp³-hybridized carbons (Fsp3) is 0.333. The van der Waals surface area contributed by atoms with Gasteiger partial charge in [-0.1, -0.05) is 67.9 Å². The van der Waals surface area contributed by atoms with Crippen LogP contribution in [0.5, 0.6) is 28.7 Å². The molecule has 3 aromatic rings. The van der Waals surface area contributed by atoms with Crippen LogP contribution in [-0.2, 0) is 0 Å². The number of allylic oxidation sites excluding steroid dienone is 1. The molecule has 1 heterocycles. The molecule has 0 fully saturated rings. The Bertz CT molecular complexity index is 1530. The highest BCUT2D eigenvalue weighted by Crippen LogP contribution is 2.45. The summed E-state index contributed by atoms with van der Waals surface area (Å²) < 4.78 is 28.4. The molecular weight excluding hydrogens is 591 g/mol. The zero-order chi connectivity index (χ0) is 30.9. The van der Waals surface area contributed by atoms with E-state index in [4.69, 9.17) is 52.6 Å². The van der Waals surface area contributed by atoms with Crippen molar-refractivity contribution >= 4 is 29.2 Å². The highest BCUT2D eigenvalue weighted by Gasteiger charge is 2.32. The third kappa shape index (κ3) is 7.48. The Labute approximate surface area is 261 Å². The van der Waals surface area contributed by atoms with Gasteiger partial charge in [-0.2, -0.15) is 5.26 Å². The van der Waals surface area contributed by atoms with Crippen LogP contribution in [0.25, 0.3) is 0 Å². The van der Waals surface area contributed by atoms with Crippen LogP contribution in [0.1, 0.15) is 73.4 Å². The van der Waals surface area contributed by atoms with E-state index in [0.29, 0.717) is 41.8 Å². The van der Waals surface area contributed by atoms with Gasteiger partial charge in [0.1, 0.15) is 23.1 Å². The Morgan fingerprint density at radius 1 is 0.977 bits per heavy atom. The summed E-state index contributed by atoms with van der Waals surface area (Å²) in [7, 11) is 1.58. The number of carbonyl (C=O) groups is 1. The molecule has 1 aliphatic heterocycles. The fourth-order valence-electron chi connectivity index (χ4n) is 4.84. The molecule has 1 aliphatic rings. The monoisotopic (exact) mass is 624 g/mol. The van der Waals surface area contributed by atoms with Gasteiger partial charge in [0.2, 0.25) is 5.88 Å². The van der Waals surface area contributed by atoms with Crippen molar-refractivity contribution in [3.63, 3.8) is 0 Å². The van der Waals surface area contributed by atoms with Crippen LogP contribution >= 0.6 is 23.2 Å². The number of nitrogens with two attached hydrogens (primary N) is 1. The van der Waals surface area contributed by atoms with E-state index in [2.05, 4.69) is 13.0 Å². The van der Waals surface area contributed by atoms with Gasteiger partial charge in [0, 0.05) is 11.6 Å². The lowest BCUT2D eigenvalue weighted by molar-refractivity contribution is 0.0734. The second-order valence-electron chi connectivity index (χ2n) is 9.89. The second-order valence-corrected chi connectivity index (χ2v) is 10.7. The summed E-state index contributed by atoms with van der Waals surface area (Å²) in [5.41, 5.74) is 8.03. The summed E-state index contributed by atoms with van der Waals surface area (Å²) >= 11 is 12.5. The molecule has 4 rings (SSSR count). The third-order valence-corrected chi connectivity index (χ3v) is 7.51. The zero-order valence-corrected chi connectivity index (χ0v) is 25.9. The van der Waals surface area contributed by atoms with E-state index in [1.54, 1.807) is 32.2 Å². The van der Waals surface area contributed by atoms with E-state index < -0.39 is 11.9 Å². The second kappa shape index (κ2) is 14.9. The predicted octanol–water partition coefficient (Wildman–Crippen LogP) is 8.19. The number of hydrogen-bond acceptors (Lipinski definition) is 8. The number of unbranched alkanes of at least 4 members (excludes halogenated alkanes) is 4. The predicted molar refractivity (Wildman–Crippen MR) is 166 cm³/mol. The van der Waals surface area contributed by atoms with Crippen LogP contribution in [0.15, 0.2) is 60.0 Å². The number of nitriles is 1. The number of carbonyl (C=O) groups excluding carboxylic acids is 1. The average molecular weight is 626 g/mol. The van der Waals surface area contributed by atoms with Crippen LogP contribution in [0, 0.1) is 11.3 Å². The molecule has 1 atom stereocenters. The maximum Gasteiger partial charge on any atom is 0.343 e. The van der Waals surface area contributed by atoms with Crippen LogP contribution in [-0.4, -0.2) is 26.3 Å². The van der Waals surface area contributed by atoms with Crippen molar-refractivity contribution in [1.82, 2.24) is 0 Å². The lowest BCUT2D eigenvalue weighted by Gasteiger charge is -2.27. The van der Waals surface area contributed by atoms with E-state index in [9.17, 15) is 10.1 Å². The van der Waals surface area contributed by atoms with E-state index in [0.717, 1.165) is 18.4 Å². The molecule has 0 saturated carbocycles. The first-order valence-corrected chi connectivity index (χ1v) is 14.9. The van der Waals surface area contributed by atoms with Gasteiger partial charge in [0.15, 0.2) is 17.2 Å². The molecule has 0 bridgehead atoms. The smallest absolute Gasteiger partial charge is 0.343 e. The SMILES string of the molecule is CCCCCCCOc1ccc(C2C(C#N)=C(N)Oc3cc(OC(=O)c4cc(Cl)c(OCC)c(Cl)c4)ccc32)cc1OC. The van der Waals surface area contributed by atoms with Crippen molar-refractivity contribution in [2.45, 2.75) is 51.9 Å². The van der Waals surface area contributed by atoms with Crippen molar-refractivity contribution in [3.8, 4) is 34.8 Å². The molecule has 0 radical (unpaired) electrons. The number of benzene rings is 3. The standard InChI is InChI=1S/C33H34Cl2N2O6/c1-4-6-7-8-9-14-41-27-13-10-20(17-29(27)39-3)30-23-12-11-22(18-28(23)43-32(37)24(30)19-36)42-33(38)21-15-25(34)31(40-5-2)26(35)16-21/h10-13,15-18,30H,4-9,14,37H2,1-3H3. The van der Waals surface area contributed by atoms with Gasteiger partial charge in [0.05, 0.1) is 41.9 Å². The van der Waals surface area contributed by atoms with Crippen molar-refractivity contribution in [3.05, 3.63) is 86.7 Å². The van der Waals surface area contributed by atoms with Gasteiger partial charge in [-0.15, -0.1) is 0 Å². The summed E-state index contributed by atoms with van der Waals surface area (Å²) in [4.78, 5) is 12.9. The Morgan fingerprint density at radius 2 is 1.72 bits per heavy atom. The molecule has 0 amide bonds. The molecule has 43 heavy (non-hydrogen) atoms. The molecular formula is C33H34Cl2N2O6. The highest BCUT2D eigenvalue weighted by atomic mass is 35.5. The van der Waals surface area contributed by atoms with E-state index in [-0.39, 0.29) is 32.8 Å². The van der Waals surface area contributed by atoms with Crippen LogP contribution in [0.3, 0.4) is 0 Å². The molecule has 0 saturated heterocycles. The van der Waals surface area contributed by atoms with E-state index in [1.165, 1.54) is 31.4 Å². The topological polar surface area (TPSA) is 113 Å². The number of methoxy groups -OCH3 is 1. The Morgan fingerprint density at radius 3 is 2.40 bits per heavy atom. The zero-order valence-electron chi connectivity index (χ0n) is 24.4. The van der Waals surface area contributed by atoms with Gasteiger partial charge in [-0.05, 0) is 49.2 Å². The number of fused-ring (bicyclic) bond motifs is 1. The highest BCUT2D eigenvalue weighted by molar-refractivity contribution is 6.37. The summed E-state index contributed by atoms with van der Waals surface area (Å²) in [6, 6.07) is 15.5. The summed E-state index contributed by atoms with van der Waals surface area (Å²) in [6.07, 6.45) is 5.67. The van der Waals surface area contributed by atoms with Crippen molar-refractivity contribution < 1.29 is 28.5 Å². The first-order chi connectivity index (χ1) is 20.8. The lowest BCUT2D eigenvalue weighted by atomic mass is 9.83. The molecule has 1 unspecified atom stereocenters. The van der Waals surface area contributed by atoms with Crippen molar-refractivity contribution in [2.24, 2.45) is 5.73 Å². The molecule has 3 aromatic carbocycles. The van der Waals surface area contributed by atoms with Crippen LogP contribution in [0.4, 0.5) is 0 Å². The molecule has 8 nitrogen and oxygen atoms in total. The van der Waals surface area contributed by atoms with Gasteiger partial charge in [-0.3, -0.25) is 0 Å². The third-order valence-electron chi connectivity index (χ3n) is 6.95. The minimum absolute atomic E-state index is 0.0417. The molecule has 10 heteroatoms. The van der Waals surface area contributed by atoms with E-state index >= 15 is 0 Å².